The van der Waals surface area contributed by atoms with Gasteiger partial charge in [-0.3, -0.25) is 9.79 Å². The summed E-state index contributed by atoms with van der Waals surface area (Å²) in [6.45, 7) is 4.03. The number of rotatable bonds is 9. The van der Waals surface area contributed by atoms with Crippen molar-refractivity contribution in [2.24, 2.45) is 4.99 Å². The molecule has 0 fully saturated rings. The van der Waals surface area contributed by atoms with E-state index in [9.17, 15) is 18.0 Å². The largest absolute Gasteiger partial charge is 0.434 e. The highest BCUT2D eigenvalue weighted by molar-refractivity contribution is 14.0. The zero-order valence-corrected chi connectivity index (χ0v) is 19.7. The molecule has 6 nitrogen and oxygen atoms in total. The Balaban J connectivity index is 0.00000420. The van der Waals surface area contributed by atoms with Crippen LogP contribution >= 0.6 is 46.7 Å². The molecule has 29 heavy (non-hydrogen) atoms. The van der Waals surface area contributed by atoms with Gasteiger partial charge >= 0.3 is 6.18 Å². The minimum atomic E-state index is -4.41. The minimum absolute atomic E-state index is 0. The number of guanidine groups is 1. The van der Waals surface area contributed by atoms with Gasteiger partial charge in [-0.1, -0.05) is 6.07 Å². The van der Waals surface area contributed by atoms with E-state index in [0.717, 1.165) is 16.7 Å². The first-order valence-electron chi connectivity index (χ1n) is 8.75. The number of thiophene rings is 1. The molecule has 3 N–H and O–H groups in total. The third-order valence-electron chi connectivity index (χ3n) is 3.45. The first kappa shape index (κ1) is 25.6. The predicted molar refractivity (Wildman–Crippen MR) is 121 cm³/mol. The summed E-state index contributed by atoms with van der Waals surface area (Å²) in [6, 6.07) is 3.60. The van der Waals surface area contributed by atoms with Crippen molar-refractivity contribution in [3.8, 4) is 0 Å². The number of carbonyl (C=O) groups is 1. The number of aromatic nitrogens is 1. The summed E-state index contributed by atoms with van der Waals surface area (Å²) in [7, 11) is 0. The molecule has 2 aromatic rings. The average molecular weight is 561 g/mol. The fourth-order valence-electron chi connectivity index (χ4n) is 2.15. The predicted octanol–water partition coefficient (Wildman–Crippen LogP) is 3.76. The van der Waals surface area contributed by atoms with Gasteiger partial charge in [0.1, 0.15) is 0 Å². The maximum absolute atomic E-state index is 12.6. The van der Waals surface area contributed by atoms with Crippen molar-refractivity contribution in [2.45, 2.75) is 25.9 Å². The van der Waals surface area contributed by atoms with Gasteiger partial charge in [0.05, 0.1) is 9.88 Å². The second-order valence-corrected chi connectivity index (χ2v) is 7.54. The van der Waals surface area contributed by atoms with Crippen LogP contribution in [-0.2, 0) is 12.6 Å². The van der Waals surface area contributed by atoms with E-state index in [1.54, 1.807) is 6.07 Å². The summed E-state index contributed by atoms with van der Waals surface area (Å²) in [6.07, 6.45) is -3.35. The van der Waals surface area contributed by atoms with Crippen LogP contribution < -0.4 is 16.0 Å². The van der Waals surface area contributed by atoms with Crippen LogP contribution in [0.3, 0.4) is 0 Å². The zero-order chi connectivity index (χ0) is 20.4. The van der Waals surface area contributed by atoms with Crippen LogP contribution in [0.1, 0.15) is 33.7 Å². The van der Waals surface area contributed by atoms with Gasteiger partial charge in [0.15, 0.2) is 11.7 Å². The molecule has 0 saturated heterocycles. The fraction of sp³-hybridized carbons (Fsp3) is 0.471. The molecule has 162 valence electrons. The van der Waals surface area contributed by atoms with Gasteiger partial charge in [0.2, 0.25) is 0 Å². The van der Waals surface area contributed by atoms with Crippen molar-refractivity contribution in [1.29, 1.82) is 0 Å². The fourth-order valence-corrected chi connectivity index (χ4v) is 3.60. The highest BCUT2D eigenvalue weighted by Gasteiger charge is 2.33. The number of aliphatic imine (C=N–C) groups is 1. The van der Waals surface area contributed by atoms with E-state index >= 15 is 0 Å². The lowest BCUT2D eigenvalue weighted by atomic mass is 10.4. The average Bonchev–Trinajstić information content (AvgIpc) is 3.32. The lowest BCUT2D eigenvalue weighted by Gasteiger charge is -2.10. The summed E-state index contributed by atoms with van der Waals surface area (Å²) < 4.78 is 37.7. The van der Waals surface area contributed by atoms with Crippen molar-refractivity contribution in [3.05, 3.63) is 38.5 Å². The van der Waals surface area contributed by atoms with Crippen LogP contribution in [0.4, 0.5) is 13.2 Å². The molecule has 0 aliphatic carbocycles. The Morgan fingerprint density at radius 3 is 2.62 bits per heavy atom. The normalized spacial score (nSPS) is 11.7. The molecule has 2 rings (SSSR count). The number of alkyl halides is 3. The van der Waals surface area contributed by atoms with Gasteiger partial charge in [-0.15, -0.1) is 46.7 Å². The summed E-state index contributed by atoms with van der Waals surface area (Å²) >= 11 is 2.39. The highest BCUT2D eigenvalue weighted by Crippen LogP contribution is 2.29. The van der Waals surface area contributed by atoms with E-state index < -0.39 is 11.9 Å². The standard InChI is InChI=1S/C17H22F3N5OS2.HI/c1-2-21-16(23-8-4-7-22-15(26)12-5-3-10-27-12)24-9-6-14-25-13(11-28-14)17(18,19)20;/h3,5,10-11H,2,4,6-9H2,1H3,(H,22,26)(H2,21,23,24);1H. The van der Waals surface area contributed by atoms with E-state index in [2.05, 4.69) is 25.9 Å². The molecular formula is C17H23F3IN5OS2. The van der Waals surface area contributed by atoms with E-state index in [-0.39, 0.29) is 29.9 Å². The van der Waals surface area contributed by atoms with E-state index in [0.29, 0.717) is 54.9 Å². The number of thiazole rings is 1. The van der Waals surface area contributed by atoms with Crippen LogP contribution in [0.2, 0.25) is 0 Å². The molecule has 0 spiro atoms. The van der Waals surface area contributed by atoms with Crippen LogP contribution in [0.25, 0.3) is 0 Å². The molecular weight excluding hydrogens is 538 g/mol. The van der Waals surface area contributed by atoms with Crippen molar-refractivity contribution in [1.82, 2.24) is 20.9 Å². The molecule has 0 aliphatic heterocycles. The first-order chi connectivity index (χ1) is 13.4. The lowest BCUT2D eigenvalue weighted by molar-refractivity contribution is -0.140. The first-order valence-corrected chi connectivity index (χ1v) is 10.5. The number of nitrogens with zero attached hydrogens (tertiary/aromatic N) is 2. The molecule has 2 aromatic heterocycles. The molecule has 12 heteroatoms. The third kappa shape index (κ3) is 9.30. The van der Waals surface area contributed by atoms with Crippen molar-refractivity contribution >= 4 is 58.5 Å². The topological polar surface area (TPSA) is 78.4 Å². The van der Waals surface area contributed by atoms with Crippen LogP contribution in [0, 0.1) is 0 Å². The molecule has 0 aromatic carbocycles. The Morgan fingerprint density at radius 1 is 1.21 bits per heavy atom. The molecule has 2 heterocycles. The second kappa shape index (κ2) is 13.0. The summed E-state index contributed by atoms with van der Waals surface area (Å²) in [4.78, 5) is 20.5. The molecule has 0 unspecified atom stereocenters. The smallest absolute Gasteiger partial charge is 0.357 e. The summed E-state index contributed by atoms with van der Waals surface area (Å²) in [5, 5.41) is 12.3. The second-order valence-electron chi connectivity index (χ2n) is 5.65. The number of halogens is 4. The minimum Gasteiger partial charge on any atom is -0.357 e. The van der Waals surface area contributed by atoms with Gasteiger partial charge in [-0.05, 0) is 24.8 Å². The number of amides is 1. The number of hydrogen-bond donors (Lipinski definition) is 3. The van der Waals surface area contributed by atoms with Gasteiger partial charge < -0.3 is 16.0 Å². The molecule has 1 amide bonds. The molecule has 0 bridgehead atoms. The van der Waals surface area contributed by atoms with Crippen molar-refractivity contribution in [2.75, 3.05) is 26.2 Å². The van der Waals surface area contributed by atoms with Crippen LogP contribution in [0.15, 0.2) is 27.9 Å². The Kier molecular flexibility index (Phi) is 11.5. The maximum atomic E-state index is 12.6. The van der Waals surface area contributed by atoms with Crippen molar-refractivity contribution in [3.63, 3.8) is 0 Å². The number of carbonyl (C=O) groups excluding carboxylic acids is 1. The highest BCUT2D eigenvalue weighted by atomic mass is 127. The Labute approximate surface area is 192 Å². The quantitative estimate of drug-likeness (QED) is 0.189. The van der Waals surface area contributed by atoms with E-state index in [1.807, 2.05) is 18.4 Å². The Bertz CT molecular complexity index is 765. The van der Waals surface area contributed by atoms with Gasteiger partial charge in [0.25, 0.3) is 5.91 Å². The molecule has 0 saturated carbocycles. The number of hydrogen-bond acceptors (Lipinski definition) is 5. The zero-order valence-electron chi connectivity index (χ0n) is 15.7. The third-order valence-corrected chi connectivity index (χ3v) is 5.23. The van der Waals surface area contributed by atoms with Gasteiger partial charge in [0, 0.05) is 38.0 Å². The lowest BCUT2D eigenvalue weighted by Crippen LogP contribution is -2.38. The molecule has 0 aliphatic rings. The summed E-state index contributed by atoms with van der Waals surface area (Å²) in [5.74, 6) is 0.491. The van der Waals surface area contributed by atoms with Gasteiger partial charge in [-0.25, -0.2) is 4.98 Å². The Morgan fingerprint density at radius 2 is 2.00 bits per heavy atom. The van der Waals surface area contributed by atoms with E-state index in [1.165, 1.54) is 11.3 Å². The monoisotopic (exact) mass is 561 g/mol. The Hall–Kier alpha value is -1.41. The summed E-state index contributed by atoms with van der Waals surface area (Å²) in [5.41, 5.74) is -0.849. The van der Waals surface area contributed by atoms with Gasteiger partial charge in [-0.2, -0.15) is 13.2 Å². The number of nitrogens with one attached hydrogen (secondary N) is 3. The molecule has 0 atom stereocenters. The van der Waals surface area contributed by atoms with Crippen LogP contribution in [-0.4, -0.2) is 43.0 Å². The van der Waals surface area contributed by atoms with Crippen LogP contribution in [0.5, 0.6) is 0 Å². The molecule has 0 radical (unpaired) electrons. The van der Waals surface area contributed by atoms with E-state index in [4.69, 9.17) is 0 Å². The SMILES string of the molecule is CCNC(=NCCCNC(=O)c1cccs1)NCCc1nc(C(F)(F)F)cs1.I. The van der Waals surface area contributed by atoms with Crippen molar-refractivity contribution < 1.29 is 18.0 Å². The maximum Gasteiger partial charge on any atom is 0.434 e.